The number of carbonyl (C=O) groups excluding carboxylic acids is 1. The maximum atomic E-state index is 11.0. The molecule has 1 amide bonds. The van der Waals surface area contributed by atoms with Crippen LogP contribution in [0, 0.1) is 5.92 Å². The Hall–Kier alpha value is -0.650. The zero-order chi connectivity index (χ0) is 12.5. The van der Waals surface area contributed by atoms with Gasteiger partial charge in [-0.25, -0.2) is 0 Å². The van der Waals surface area contributed by atoms with Gasteiger partial charge in [-0.1, -0.05) is 0 Å². The fraction of sp³-hybridized carbons (Fsp3) is 0.917. The van der Waals surface area contributed by atoms with Crippen LogP contribution in [-0.2, 0) is 14.3 Å². The van der Waals surface area contributed by atoms with Crippen molar-refractivity contribution in [1.29, 1.82) is 0 Å². The third-order valence-corrected chi connectivity index (χ3v) is 3.52. The van der Waals surface area contributed by atoms with Crippen molar-refractivity contribution >= 4 is 5.91 Å². The SMILES string of the molecule is CC1(C)OCC(CN2CCC(C(N)=O)CC2)O1. The number of primary amides is 1. The van der Waals surface area contributed by atoms with E-state index in [2.05, 4.69) is 4.90 Å². The van der Waals surface area contributed by atoms with E-state index in [0.29, 0.717) is 6.61 Å². The van der Waals surface area contributed by atoms with Crippen molar-refractivity contribution in [3.8, 4) is 0 Å². The highest BCUT2D eigenvalue weighted by Crippen LogP contribution is 2.24. The molecule has 1 atom stereocenters. The van der Waals surface area contributed by atoms with Gasteiger partial charge >= 0.3 is 0 Å². The quantitative estimate of drug-likeness (QED) is 0.775. The van der Waals surface area contributed by atoms with Gasteiger partial charge in [-0.3, -0.25) is 4.79 Å². The van der Waals surface area contributed by atoms with Crippen molar-refractivity contribution in [2.24, 2.45) is 11.7 Å². The van der Waals surface area contributed by atoms with Crippen molar-refractivity contribution in [3.63, 3.8) is 0 Å². The van der Waals surface area contributed by atoms with E-state index in [1.54, 1.807) is 0 Å². The third kappa shape index (κ3) is 3.40. The summed E-state index contributed by atoms with van der Waals surface area (Å²) >= 11 is 0. The average Bonchev–Trinajstić information content (AvgIpc) is 2.59. The highest BCUT2D eigenvalue weighted by Gasteiger charge is 2.34. The van der Waals surface area contributed by atoms with Crippen LogP contribution in [0.15, 0.2) is 0 Å². The van der Waals surface area contributed by atoms with E-state index in [4.69, 9.17) is 15.2 Å². The van der Waals surface area contributed by atoms with Crippen LogP contribution >= 0.6 is 0 Å². The maximum Gasteiger partial charge on any atom is 0.220 e. The van der Waals surface area contributed by atoms with E-state index in [0.717, 1.165) is 32.5 Å². The van der Waals surface area contributed by atoms with Gasteiger partial charge in [-0.15, -0.1) is 0 Å². The van der Waals surface area contributed by atoms with Crippen molar-refractivity contribution < 1.29 is 14.3 Å². The first-order chi connectivity index (χ1) is 7.96. The highest BCUT2D eigenvalue weighted by atomic mass is 16.7. The Labute approximate surface area is 102 Å². The van der Waals surface area contributed by atoms with Crippen LogP contribution in [-0.4, -0.2) is 48.9 Å². The predicted octanol–water partition coefficient (Wildman–Crippen LogP) is 0.335. The summed E-state index contributed by atoms with van der Waals surface area (Å²) in [5.41, 5.74) is 5.31. The summed E-state index contributed by atoms with van der Waals surface area (Å²) in [6, 6.07) is 0. The second-order valence-corrected chi connectivity index (χ2v) is 5.43. The number of hydrogen-bond donors (Lipinski definition) is 1. The molecule has 2 aliphatic rings. The van der Waals surface area contributed by atoms with E-state index < -0.39 is 5.79 Å². The van der Waals surface area contributed by atoms with E-state index in [-0.39, 0.29) is 17.9 Å². The number of carbonyl (C=O) groups is 1. The van der Waals surface area contributed by atoms with Gasteiger partial charge in [0.05, 0.1) is 12.7 Å². The minimum Gasteiger partial charge on any atom is -0.369 e. The van der Waals surface area contributed by atoms with Crippen molar-refractivity contribution in [1.82, 2.24) is 4.90 Å². The van der Waals surface area contributed by atoms with E-state index in [1.165, 1.54) is 0 Å². The molecule has 2 aliphatic heterocycles. The molecule has 98 valence electrons. The topological polar surface area (TPSA) is 64.8 Å². The van der Waals surface area contributed by atoms with Gasteiger partial charge in [0.15, 0.2) is 5.79 Å². The molecule has 1 unspecified atom stereocenters. The van der Waals surface area contributed by atoms with E-state index in [9.17, 15) is 4.79 Å². The second kappa shape index (κ2) is 4.92. The molecule has 2 rings (SSSR count). The Morgan fingerprint density at radius 1 is 1.41 bits per heavy atom. The standard InChI is InChI=1S/C12H22N2O3/c1-12(2)16-8-10(17-12)7-14-5-3-9(4-6-14)11(13)15/h9-10H,3-8H2,1-2H3,(H2,13,15). The van der Waals surface area contributed by atoms with Crippen LogP contribution in [0.1, 0.15) is 26.7 Å². The van der Waals surface area contributed by atoms with E-state index >= 15 is 0 Å². The molecule has 0 aromatic carbocycles. The molecule has 0 saturated carbocycles. The Balaban J connectivity index is 1.74. The Morgan fingerprint density at radius 2 is 2.06 bits per heavy atom. The number of amides is 1. The van der Waals surface area contributed by atoms with Gasteiger partial charge in [0.25, 0.3) is 0 Å². The molecule has 0 aromatic rings. The largest absolute Gasteiger partial charge is 0.369 e. The van der Waals surface area contributed by atoms with Crippen molar-refractivity contribution in [2.45, 2.75) is 38.6 Å². The first-order valence-electron chi connectivity index (χ1n) is 6.30. The van der Waals surface area contributed by atoms with Crippen LogP contribution in [0.3, 0.4) is 0 Å². The Morgan fingerprint density at radius 3 is 2.53 bits per heavy atom. The Bertz CT molecular complexity index is 285. The van der Waals surface area contributed by atoms with Crippen LogP contribution in [0.2, 0.25) is 0 Å². The summed E-state index contributed by atoms with van der Waals surface area (Å²) < 4.78 is 11.3. The summed E-state index contributed by atoms with van der Waals surface area (Å²) in [4.78, 5) is 13.4. The zero-order valence-electron chi connectivity index (χ0n) is 10.6. The first-order valence-corrected chi connectivity index (χ1v) is 6.30. The van der Waals surface area contributed by atoms with Gasteiger partial charge in [0.2, 0.25) is 5.91 Å². The lowest BCUT2D eigenvalue weighted by atomic mass is 9.96. The number of likely N-dealkylation sites (tertiary alicyclic amines) is 1. The lowest BCUT2D eigenvalue weighted by molar-refractivity contribution is -0.140. The second-order valence-electron chi connectivity index (χ2n) is 5.43. The fourth-order valence-corrected chi connectivity index (χ4v) is 2.54. The van der Waals surface area contributed by atoms with Gasteiger partial charge in [0, 0.05) is 12.5 Å². The number of rotatable bonds is 3. The molecular formula is C12H22N2O3. The van der Waals surface area contributed by atoms with E-state index in [1.807, 2.05) is 13.8 Å². The minimum absolute atomic E-state index is 0.0587. The molecule has 2 saturated heterocycles. The highest BCUT2D eigenvalue weighted by molar-refractivity contribution is 5.76. The molecular weight excluding hydrogens is 220 g/mol. The van der Waals surface area contributed by atoms with Crippen molar-refractivity contribution in [3.05, 3.63) is 0 Å². The lowest BCUT2D eigenvalue weighted by Gasteiger charge is -2.31. The molecule has 2 heterocycles. The van der Waals surface area contributed by atoms with Gasteiger partial charge in [0.1, 0.15) is 0 Å². The van der Waals surface area contributed by atoms with Crippen LogP contribution in [0.5, 0.6) is 0 Å². The average molecular weight is 242 g/mol. The molecule has 0 spiro atoms. The number of hydrogen-bond acceptors (Lipinski definition) is 4. The summed E-state index contributed by atoms with van der Waals surface area (Å²) in [6.45, 7) is 7.26. The first kappa shape index (κ1) is 12.8. The number of ether oxygens (including phenoxy) is 2. The molecule has 17 heavy (non-hydrogen) atoms. The molecule has 2 fully saturated rings. The molecule has 2 N–H and O–H groups in total. The monoisotopic (exact) mass is 242 g/mol. The van der Waals surface area contributed by atoms with Crippen LogP contribution < -0.4 is 5.73 Å². The number of nitrogens with two attached hydrogens (primary N) is 1. The fourth-order valence-electron chi connectivity index (χ4n) is 2.54. The molecule has 0 bridgehead atoms. The summed E-state index contributed by atoms with van der Waals surface area (Å²) in [6.07, 6.45) is 1.88. The molecule has 0 aliphatic carbocycles. The van der Waals surface area contributed by atoms with Gasteiger partial charge < -0.3 is 20.1 Å². The maximum absolute atomic E-state index is 11.0. The van der Waals surface area contributed by atoms with Crippen molar-refractivity contribution in [2.75, 3.05) is 26.2 Å². The van der Waals surface area contributed by atoms with Crippen LogP contribution in [0.25, 0.3) is 0 Å². The molecule has 0 radical (unpaired) electrons. The summed E-state index contributed by atoms with van der Waals surface area (Å²) in [7, 11) is 0. The number of piperidine rings is 1. The third-order valence-electron chi connectivity index (χ3n) is 3.52. The smallest absolute Gasteiger partial charge is 0.220 e. The van der Waals surface area contributed by atoms with Gasteiger partial charge in [-0.05, 0) is 39.8 Å². The Kier molecular flexibility index (Phi) is 3.70. The molecule has 5 heteroatoms. The summed E-state index contributed by atoms with van der Waals surface area (Å²) in [5, 5.41) is 0. The van der Waals surface area contributed by atoms with Crippen LogP contribution in [0.4, 0.5) is 0 Å². The predicted molar refractivity (Wildman–Crippen MR) is 63.3 cm³/mol. The molecule has 5 nitrogen and oxygen atoms in total. The number of nitrogens with zero attached hydrogens (tertiary/aromatic N) is 1. The molecule has 0 aromatic heterocycles. The minimum atomic E-state index is -0.448. The lowest BCUT2D eigenvalue weighted by Crippen LogP contribution is -2.42. The normalized spacial score (nSPS) is 30.6. The van der Waals surface area contributed by atoms with Gasteiger partial charge in [-0.2, -0.15) is 0 Å². The zero-order valence-corrected chi connectivity index (χ0v) is 10.6. The summed E-state index contributed by atoms with van der Waals surface area (Å²) in [5.74, 6) is -0.550.